The number of benzene rings is 1. The molecule has 0 saturated heterocycles. The average Bonchev–Trinajstić information content (AvgIpc) is 3.09. The van der Waals surface area contributed by atoms with Crippen LogP contribution in [0.3, 0.4) is 0 Å². The summed E-state index contributed by atoms with van der Waals surface area (Å²) in [5, 5.41) is 11.4. The Morgan fingerprint density at radius 3 is 2.76 bits per heavy atom. The molecule has 1 aromatic carbocycles. The van der Waals surface area contributed by atoms with Crippen molar-refractivity contribution < 1.29 is 17.9 Å². The van der Waals surface area contributed by atoms with Gasteiger partial charge >= 0.3 is 0 Å². The first-order valence-corrected chi connectivity index (χ1v) is 12.8. The number of hydrogen-bond acceptors (Lipinski definition) is 8. The Morgan fingerprint density at radius 2 is 2.14 bits per heavy atom. The number of aromatic nitrogens is 2. The molecule has 0 atom stereocenters. The molecule has 160 valence electrons. The number of sulfonamides is 1. The Hall–Kier alpha value is -1.56. The highest BCUT2D eigenvalue weighted by molar-refractivity contribution is 8.01. The molecular weight excluding hydrogens is 456 g/mol. The van der Waals surface area contributed by atoms with Gasteiger partial charge in [-0.25, -0.2) is 8.42 Å². The lowest BCUT2D eigenvalue weighted by Crippen LogP contribution is -2.31. The van der Waals surface area contributed by atoms with E-state index in [0.717, 1.165) is 22.8 Å². The summed E-state index contributed by atoms with van der Waals surface area (Å²) in [5.74, 6) is 1.16. The third-order valence-corrected chi connectivity index (χ3v) is 7.34. The molecule has 1 heterocycles. The summed E-state index contributed by atoms with van der Waals surface area (Å²) in [6, 6.07) is 4.74. The van der Waals surface area contributed by atoms with E-state index in [2.05, 4.69) is 22.4 Å². The van der Waals surface area contributed by atoms with Crippen LogP contribution in [-0.4, -0.2) is 50.2 Å². The second-order valence-corrected chi connectivity index (χ2v) is 10.7. The molecule has 8 nitrogen and oxygen atoms in total. The maximum Gasteiger partial charge on any atom is 0.232 e. The van der Waals surface area contributed by atoms with E-state index in [-0.39, 0.29) is 18.9 Å². The first kappa shape index (κ1) is 23.7. The lowest BCUT2D eigenvalue weighted by Gasteiger charge is -2.23. The molecule has 1 aromatic heterocycles. The van der Waals surface area contributed by atoms with Gasteiger partial charge in [-0.15, -0.1) is 10.2 Å². The lowest BCUT2D eigenvalue weighted by molar-refractivity contribution is -0.116. The van der Waals surface area contributed by atoms with Crippen molar-refractivity contribution in [3.05, 3.63) is 23.2 Å². The van der Waals surface area contributed by atoms with Crippen LogP contribution in [0, 0.1) is 0 Å². The molecule has 12 heteroatoms. The number of nitrogens with zero attached hydrogens (tertiary/aromatic N) is 3. The van der Waals surface area contributed by atoms with E-state index in [4.69, 9.17) is 16.3 Å². The fraction of sp³-hybridized carbons (Fsp3) is 0.471. The Bertz CT molecular complexity index is 937. The van der Waals surface area contributed by atoms with E-state index in [1.54, 1.807) is 23.9 Å². The van der Waals surface area contributed by atoms with Crippen LogP contribution in [-0.2, 0) is 14.8 Å². The molecule has 1 N–H and O–H groups in total. The number of amides is 1. The summed E-state index contributed by atoms with van der Waals surface area (Å²) in [5.41, 5.74) is 0.417. The van der Waals surface area contributed by atoms with Crippen LogP contribution < -0.4 is 14.4 Å². The predicted molar refractivity (Wildman–Crippen MR) is 119 cm³/mol. The number of ether oxygens (including phenoxy) is 1. The van der Waals surface area contributed by atoms with Gasteiger partial charge in [-0.1, -0.05) is 41.6 Å². The number of halogens is 1. The van der Waals surface area contributed by atoms with Crippen LogP contribution in [0.2, 0.25) is 5.02 Å². The van der Waals surface area contributed by atoms with Gasteiger partial charge < -0.3 is 10.1 Å². The maximum atomic E-state index is 12.2. The molecular formula is C17H23ClN4O4S3. The number of nitrogens with one attached hydrogen (secondary N) is 1. The van der Waals surface area contributed by atoms with Crippen LogP contribution >= 0.6 is 34.7 Å². The number of hydrogen-bond donors (Lipinski definition) is 1. The quantitative estimate of drug-likeness (QED) is 0.386. The van der Waals surface area contributed by atoms with E-state index in [0.29, 0.717) is 28.0 Å². The molecule has 0 aliphatic rings. The van der Waals surface area contributed by atoms with Crippen LogP contribution in [0.25, 0.3) is 0 Å². The molecule has 0 fully saturated rings. The number of carbonyl (C=O) groups is 1. The summed E-state index contributed by atoms with van der Waals surface area (Å²) in [4.78, 5) is 12.2. The van der Waals surface area contributed by atoms with Crippen LogP contribution in [0.1, 0.15) is 26.2 Å². The van der Waals surface area contributed by atoms with Gasteiger partial charge in [0.15, 0.2) is 4.34 Å². The molecule has 0 unspecified atom stereocenters. The molecule has 2 aromatic rings. The minimum atomic E-state index is -3.54. The zero-order valence-electron chi connectivity index (χ0n) is 16.3. The van der Waals surface area contributed by atoms with Gasteiger partial charge in [-0.3, -0.25) is 9.10 Å². The number of thioether (sulfide) groups is 1. The third kappa shape index (κ3) is 7.32. The number of rotatable bonds is 11. The summed E-state index contributed by atoms with van der Waals surface area (Å²) in [6.07, 6.45) is 2.62. The molecule has 0 spiro atoms. The predicted octanol–water partition coefficient (Wildman–Crippen LogP) is 3.89. The minimum Gasteiger partial charge on any atom is -0.495 e. The molecule has 0 aliphatic heterocycles. The second-order valence-electron chi connectivity index (χ2n) is 6.03. The second kappa shape index (κ2) is 11.0. The molecule has 2 rings (SSSR count). The van der Waals surface area contributed by atoms with Crippen LogP contribution in [0.15, 0.2) is 22.5 Å². The van der Waals surface area contributed by atoms with Crippen molar-refractivity contribution in [2.75, 3.05) is 35.3 Å². The van der Waals surface area contributed by atoms with Crippen LogP contribution in [0.4, 0.5) is 10.8 Å². The van der Waals surface area contributed by atoms with Gasteiger partial charge in [0.2, 0.25) is 21.1 Å². The Balaban J connectivity index is 1.93. The topological polar surface area (TPSA) is 101 Å². The highest BCUT2D eigenvalue weighted by atomic mass is 35.5. The van der Waals surface area contributed by atoms with Crippen molar-refractivity contribution in [1.82, 2.24) is 10.2 Å². The van der Waals surface area contributed by atoms with Crippen molar-refractivity contribution in [2.45, 2.75) is 30.5 Å². The number of methoxy groups -OCH3 is 1. The van der Waals surface area contributed by atoms with Gasteiger partial charge in [0.05, 0.1) is 24.1 Å². The monoisotopic (exact) mass is 478 g/mol. The van der Waals surface area contributed by atoms with Crippen LogP contribution in [0.5, 0.6) is 5.75 Å². The van der Waals surface area contributed by atoms with Crippen molar-refractivity contribution in [3.8, 4) is 5.75 Å². The van der Waals surface area contributed by atoms with E-state index in [1.165, 1.54) is 28.8 Å². The SMILES string of the molecule is CCCSc1nnc(NC(=O)CCCN(c2ccc(OC)c(Cl)c2)S(C)(=O)=O)s1. The largest absolute Gasteiger partial charge is 0.495 e. The number of anilines is 2. The summed E-state index contributed by atoms with van der Waals surface area (Å²) in [7, 11) is -2.05. The Morgan fingerprint density at radius 1 is 1.38 bits per heavy atom. The van der Waals surface area contributed by atoms with Gasteiger partial charge in [0, 0.05) is 18.7 Å². The molecule has 0 radical (unpaired) electrons. The van der Waals surface area contributed by atoms with E-state index in [9.17, 15) is 13.2 Å². The fourth-order valence-electron chi connectivity index (χ4n) is 2.37. The van der Waals surface area contributed by atoms with E-state index in [1.807, 2.05) is 0 Å². The highest BCUT2D eigenvalue weighted by Gasteiger charge is 2.19. The van der Waals surface area contributed by atoms with Crippen molar-refractivity contribution in [3.63, 3.8) is 0 Å². The summed E-state index contributed by atoms with van der Waals surface area (Å²) in [6.45, 7) is 2.22. The summed E-state index contributed by atoms with van der Waals surface area (Å²) < 4.78 is 31.5. The van der Waals surface area contributed by atoms with E-state index < -0.39 is 10.0 Å². The van der Waals surface area contributed by atoms with Crippen molar-refractivity contribution in [1.29, 1.82) is 0 Å². The normalized spacial score (nSPS) is 11.3. The minimum absolute atomic E-state index is 0.141. The fourth-order valence-corrected chi connectivity index (χ4v) is 5.27. The van der Waals surface area contributed by atoms with Gasteiger partial charge in [-0.2, -0.15) is 0 Å². The Labute approximate surface area is 184 Å². The summed E-state index contributed by atoms with van der Waals surface area (Å²) >= 11 is 9.03. The van der Waals surface area contributed by atoms with E-state index >= 15 is 0 Å². The van der Waals surface area contributed by atoms with Gasteiger partial charge in [-0.05, 0) is 31.0 Å². The standard InChI is InChI=1S/C17H23ClN4O4S3/c1-4-10-27-17-21-20-16(28-17)19-15(23)6-5-9-22(29(3,24)25)12-7-8-14(26-2)13(18)11-12/h7-8,11H,4-6,9-10H2,1-3H3,(H,19,20,23). The third-order valence-electron chi connectivity index (χ3n) is 3.67. The van der Waals surface area contributed by atoms with Gasteiger partial charge in [0.1, 0.15) is 5.75 Å². The Kier molecular flexibility index (Phi) is 9.00. The maximum absolute atomic E-state index is 12.2. The average molecular weight is 479 g/mol. The molecule has 1 amide bonds. The molecule has 0 bridgehead atoms. The first-order valence-electron chi connectivity index (χ1n) is 8.82. The zero-order chi connectivity index (χ0) is 21.4. The molecule has 29 heavy (non-hydrogen) atoms. The van der Waals surface area contributed by atoms with Crippen molar-refractivity contribution in [2.24, 2.45) is 0 Å². The number of carbonyl (C=O) groups excluding carboxylic acids is 1. The molecule has 0 saturated carbocycles. The van der Waals surface area contributed by atoms with Crippen molar-refractivity contribution >= 4 is 61.4 Å². The zero-order valence-corrected chi connectivity index (χ0v) is 19.6. The lowest BCUT2D eigenvalue weighted by atomic mass is 10.2. The van der Waals surface area contributed by atoms with Gasteiger partial charge in [0.25, 0.3) is 0 Å². The molecule has 0 aliphatic carbocycles. The first-order chi connectivity index (χ1) is 13.7. The smallest absolute Gasteiger partial charge is 0.232 e. The highest BCUT2D eigenvalue weighted by Crippen LogP contribution is 2.30.